The van der Waals surface area contributed by atoms with Crippen LogP contribution in [-0.2, 0) is 0 Å². The van der Waals surface area contributed by atoms with E-state index in [9.17, 15) is 24.6 Å². The summed E-state index contributed by atoms with van der Waals surface area (Å²) in [5.41, 5.74) is 8.14. The van der Waals surface area contributed by atoms with Crippen molar-refractivity contribution in [3.8, 4) is 0 Å². The zero-order chi connectivity index (χ0) is 30.2. The van der Waals surface area contributed by atoms with E-state index in [-0.39, 0.29) is 23.9 Å². The predicted octanol–water partition coefficient (Wildman–Crippen LogP) is 6.03. The first-order valence-electron chi connectivity index (χ1n) is 13.3. The van der Waals surface area contributed by atoms with Gasteiger partial charge < -0.3 is 15.9 Å². The Balaban J connectivity index is 0.000000178. The lowest BCUT2D eigenvalue weighted by Gasteiger charge is -2.09. The molecule has 0 amide bonds. The molecule has 0 aliphatic carbocycles. The van der Waals surface area contributed by atoms with Crippen LogP contribution in [0.2, 0.25) is 0 Å². The topological polar surface area (TPSA) is 118 Å². The molecule has 4 N–H and O–H groups in total. The molecule has 5 aromatic carbocycles. The normalized spacial score (nSPS) is 11.4. The number of hydrogen-bond acceptors (Lipinski definition) is 6. The number of carbonyl (C=O) groups is 3. The summed E-state index contributed by atoms with van der Waals surface area (Å²) in [6.07, 6.45) is -2.16. The molecule has 6 nitrogen and oxygen atoms in total. The second kappa shape index (κ2) is 16.9. The molecule has 0 bridgehead atoms. The molecule has 0 spiro atoms. The summed E-state index contributed by atoms with van der Waals surface area (Å²) < 4.78 is 0. The van der Waals surface area contributed by atoms with Crippen molar-refractivity contribution >= 4 is 17.3 Å². The summed E-state index contributed by atoms with van der Waals surface area (Å²) in [5, 5.41) is 19.8. The fraction of sp³-hybridized carbons (Fsp3) is 0.0833. The van der Waals surface area contributed by atoms with Crippen molar-refractivity contribution in [1.82, 2.24) is 0 Å². The Bertz CT molecular complexity index is 1420. The third kappa shape index (κ3) is 9.57. The number of ketones is 3. The minimum atomic E-state index is -1.08. The third-order valence-corrected chi connectivity index (χ3v) is 6.13. The van der Waals surface area contributed by atoms with Crippen molar-refractivity contribution in [1.29, 1.82) is 0 Å². The van der Waals surface area contributed by atoms with Gasteiger partial charge >= 0.3 is 0 Å². The second-order valence-electron chi connectivity index (χ2n) is 9.08. The molecule has 5 aromatic rings. The fourth-order valence-electron chi connectivity index (χ4n) is 3.84. The third-order valence-electron chi connectivity index (χ3n) is 6.13. The predicted molar refractivity (Wildman–Crippen MR) is 164 cm³/mol. The number of hydrogen-bond donors (Lipinski definition) is 3. The molecule has 212 valence electrons. The highest BCUT2D eigenvalue weighted by molar-refractivity contribution is 6.00. The summed E-state index contributed by atoms with van der Waals surface area (Å²) in [6, 6.07) is 44.5. The smallest absolute Gasteiger partial charge is 0.195 e. The van der Waals surface area contributed by atoms with Crippen molar-refractivity contribution < 1.29 is 24.6 Å². The van der Waals surface area contributed by atoms with Crippen LogP contribution in [0.25, 0.3) is 0 Å². The number of aliphatic hydroxyl groups excluding tert-OH is 2. The Labute approximate surface area is 245 Å². The largest absolute Gasteiger partial charge is 0.380 e. The molecule has 0 aromatic heterocycles. The Morgan fingerprint density at radius 3 is 1.00 bits per heavy atom. The van der Waals surface area contributed by atoms with Gasteiger partial charge in [-0.3, -0.25) is 14.4 Å². The van der Waals surface area contributed by atoms with Crippen molar-refractivity contribution in [2.24, 2.45) is 5.73 Å². The summed E-state index contributed by atoms with van der Waals surface area (Å²) in [4.78, 5) is 34.7. The van der Waals surface area contributed by atoms with E-state index in [0.29, 0.717) is 27.8 Å². The van der Waals surface area contributed by atoms with Gasteiger partial charge in [0.2, 0.25) is 0 Å². The van der Waals surface area contributed by atoms with Crippen LogP contribution in [-0.4, -0.2) is 34.1 Å². The maximum atomic E-state index is 11.9. The molecule has 42 heavy (non-hydrogen) atoms. The molecule has 2 unspecified atom stereocenters. The van der Waals surface area contributed by atoms with Gasteiger partial charge in [-0.15, -0.1) is 0 Å². The lowest BCUT2D eigenvalue weighted by atomic mass is 10.0. The molecule has 2 atom stereocenters. The van der Waals surface area contributed by atoms with E-state index < -0.39 is 12.2 Å². The van der Waals surface area contributed by atoms with Gasteiger partial charge in [0.1, 0.15) is 12.2 Å². The standard InChI is InChI=1S/2C14H12O2.C8H9NO/c2*15-13(11-7-3-1-4-8-11)14(16)12-9-5-2-6-10-12;9-6-8(10)7-4-2-1-3-5-7/h2*1-10,13,15H;1-5H,6,9H2. The number of nitrogens with two attached hydrogens (primary N) is 1. The van der Waals surface area contributed by atoms with E-state index in [1.807, 2.05) is 42.5 Å². The molecular formula is C36H33NO5. The number of aliphatic hydroxyl groups is 2. The molecular weight excluding hydrogens is 526 g/mol. The zero-order valence-corrected chi connectivity index (χ0v) is 23.0. The number of benzene rings is 5. The van der Waals surface area contributed by atoms with Gasteiger partial charge in [0.05, 0.1) is 6.54 Å². The van der Waals surface area contributed by atoms with Gasteiger partial charge in [-0.1, -0.05) is 152 Å². The first-order chi connectivity index (χ1) is 20.4. The van der Waals surface area contributed by atoms with Gasteiger partial charge in [0, 0.05) is 16.7 Å². The maximum Gasteiger partial charge on any atom is 0.195 e. The fourth-order valence-corrected chi connectivity index (χ4v) is 3.84. The number of carbonyl (C=O) groups excluding carboxylic acids is 3. The van der Waals surface area contributed by atoms with Crippen LogP contribution in [0.4, 0.5) is 0 Å². The van der Waals surface area contributed by atoms with Crippen molar-refractivity contribution in [2.75, 3.05) is 6.54 Å². The van der Waals surface area contributed by atoms with Gasteiger partial charge in [0.15, 0.2) is 17.3 Å². The van der Waals surface area contributed by atoms with Crippen LogP contribution in [0.3, 0.4) is 0 Å². The summed E-state index contributed by atoms with van der Waals surface area (Å²) >= 11 is 0. The van der Waals surface area contributed by atoms with Gasteiger partial charge in [-0.05, 0) is 11.1 Å². The van der Waals surface area contributed by atoms with Crippen molar-refractivity contribution in [3.63, 3.8) is 0 Å². The van der Waals surface area contributed by atoms with Gasteiger partial charge in [0.25, 0.3) is 0 Å². The Hall–Kier alpha value is -5.01. The van der Waals surface area contributed by atoms with Crippen molar-refractivity contribution in [3.05, 3.63) is 179 Å². The zero-order valence-electron chi connectivity index (χ0n) is 23.0. The van der Waals surface area contributed by atoms with Crippen LogP contribution < -0.4 is 5.73 Å². The average Bonchev–Trinajstić information content (AvgIpc) is 3.09. The van der Waals surface area contributed by atoms with E-state index in [2.05, 4.69) is 0 Å². The summed E-state index contributed by atoms with van der Waals surface area (Å²) in [6.45, 7) is 0.0873. The Morgan fingerprint density at radius 2 is 0.714 bits per heavy atom. The van der Waals surface area contributed by atoms with Crippen LogP contribution in [0, 0.1) is 0 Å². The maximum absolute atomic E-state index is 11.9. The first kappa shape index (κ1) is 31.5. The molecule has 0 fully saturated rings. The van der Waals surface area contributed by atoms with Gasteiger partial charge in [-0.25, -0.2) is 0 Å². The summed E-state index contributed by atoms with van der Waals surface area (Å²) in [7, 11) is 0. The molecule has 6 heteroatoms. The Kier molecular flexibility index (Phi) is 12.7. The molecule has 0 radical (unpaired) electrons. The molecule has 0 saturated heterocycles. The number of rotatable bonds is 8. The first-order valence-corrected chi connectivity index (χ1v) is 13.3. The van der Waals surface area contributed by atoms with Crippen molar-refractivity contribution in [2.45, 2.75) is 12.2 Å². The highest BCUT2D eigenvalue weighted by Gasteiger charge is 2.19. The highest BCUT2D eigenvalue weighted by Crippen LogP contribution is 2.18. The van der Waals surface area contributed by atoms with Crippen LogP contribution >= 0.6 is 0 Å². The molecule has 0 heterocycles. The van der Waals surface area contributed by atoms with E-state index in [4.69, 9.17) is 5.73 Å². The quantitative estimate of drug-likeness (QED) is 0.200. The minimum Gasteiger partial charge on any atom is -0.380 e. The molecule has 0 aliphatic heterocycles. The lowest BCUT2D eigenvalue weighted by molar-refractivity contribution is 0.0743. The highest BCUT2D eigenvalue weighted by atomic mass is 16.3. The van der Waals surface area contributed by atoms with E-state index in [0.717, 1.165) is 0 Å². The lowest BCUT2D eigenvalue weighted by Crippen LogP contribution is -2.12. The minimum absolute atomic E-state index is 0.0133. The van der Waals surface area contributed by atoms with Gasteiger partial charge in [-0.2, -0.15) is 0 Å². The van der Waals surface area contributed by atoms with E-state index in [1.54, 1.807) is 109 Å². The molecule has 0 aliphatic rings. The van der Waals surface area contributed by atoms with Crippen LogP contribution in [0.15, 0.2) is 152 Å². The monoisotopic (exact) mass is 559 g/mol. The van der Waals surface area contributed by atoms with E-state index in [1.165, 1.54) is 0 Å². The second-order valence-corrected chi connectivity index (χ2v) is 9.08. The summed E-state index contributed by atoms with van der Waals surface area (Å²) in [5.74, 6) is -0.556. The number of Topliss-reactive ketones (excluding diaryl/α,β-unsaturated/α-hetero) is 3. The van der Waals surface area contributed by atoms with Crippen LogP contribution in [0.1, 0.15) is 54.4 Å². The Morgan fingerprint density at radius 1 is 0.452 bits per heavy atom. The van der Waals surface area contributed by atoms with Crippen LogP contribution in [0.5, 0.6) is 0 Å². The molecule has 0 saturated carbocycles. The molecule has 5 rings (SSSR count). The average molecular weight is 560 g/mol. The SMILES string of the molecule is NCC(=O)c1ccccc1.O=C(c1ccccc1)C(O)c1ccccc1.O=C(c1ccccc1)C(O)c1ccccc1. The van der Waals surface area contributed by atoms with E-state index >= 15 is 0 Å².